The Labute approximate surface area is 118 Å². The zero-order chi connectivity index (χ0) is 14.5. The van der Waals surface area contributed by atoms with E-state index < -0.39 is 0 Å². The van der Waals surface area contributed by atoms with Crippen molar-refractivity contribution in [2.75, 3.05) is 18.4 Å². The largest absolute Gasteiger partial charge is 0.384 e. The van der Waals surface area contributed by atoms with Crippen LogP contribution in [0.4, 0.5) is 5.69 Å². The second-order valence-corrected chi connectivity index (χ2v) is 4.98. The summed E-state index contributed by atoms with van der Waals surface area (Å²) in [6, 6.07) is 1.72. The summed E-state index contributed by atoms with van der Waals surface area (Å²) in [7, 11) is 0. The van der Waals surface area contributed by atoms with Crippen molar-refractivity contribution in [3.8, 4) is 0 Å². The first-order valence-corrected chi connectivity index (χ1v) is 6.88. The molecule has 1 aromatic rings. The molecule has 2 heterocycles. The number of anilines is 1. The first kappa shape index (κ1) is 14.3. The average molecular weight is 276 g/mol. The molecule has 6 nitrogen and oxygen atoms in total. The van der Waals surface area contributed by atoms with Gasteiger partial charge in [-0.1, -0.05) is 6.92 Å². The highest BCUT2D eigenvalue weighted by atomic mass is 16.2. The number of amides is 2. The molecule has 0 bridgehead atoms. The molecule has 1 unspecified atom stereocenters. The highest BCUT2D eigenvalue weighted by molar-refractivity contribution is 6.00. The Hall–Kier alpha value is -2.11. The number of rotatable bonds is 5. The lowest BCUT2D eigenvalue weighted by atomic mass is 10.1. The molecule has 2 amide bonds. The van der Waals surface area contributed by atoms with Crippen LogP contribution in [0.5, 0.6) is 0 Å². The van der Waals surface area contributed by atoms with Crippen LogP contribution in [0.25, 0.3) is 0 Å². The molecule has 0 aromatic carbocycles. The molecule has 0 radical (unpaired) electrons. The Balaban J connectivity index is 2.09. The van der Waals surface area contributed by atoms with Gasteiger partial charge in [0, 0.05) is 31.4 Å². The molecule has 1 atom stereocenters. The van der Waals surface area contributed by atoms with Crippen molar-refractivity contribution >= 4 is 17.5 Å². The van der Waals surface area contributed by atoms with Gasteiger partial charge in [-0.25, -0.2) is 0 Å². The minimum absolute atomic E-state index is 0.0262. The van der Waals surface area contributed by atoms with Gasteiger partial charge in [-0.3, -0.25) is 14.6 Å². The van der Waals surface area contributed by atoms with Crippen molar-refractivity contribution in [3.63, 3.8) is 0 Å². The Morgan fingerprint density at radius 2 is 2.35 bits per heavy atom. The normalized spacial score (nSPS) is 17.7. The number of aryl methyl sites for hydroxylation is 1. The van der Waals surface area contributed by atoms with Gasteiger partial charge in [0.1, 0.15) is 0 Å². The maximum atomic E-state index is 12.3. The van der Waals surface area contributed by atoms with E-state index in [4.69, 9.17) is 0 Å². The molecule has 20 heavy (non-hydrogen) atoms. The number of hydrogen-bond donors (Lipinski definition) is 3. The van der Waals surface area contributed by atoms with E-state index in [9.17, 15) is 9.59 Å². The van der Waals surface area contributed by atoms with Gasteiger partial charge in [0.2, 0.25) is 5.91 Å². The molecular weight excluding hydrogens is 256 g/mol. The van der Waals surface area contributed by atoms with Crippen LogP contribution in [-0.2, 0) is 4.79 Å². The summed E-state index contributed by atoms with van der Waals surface area (Å²) in [4.78, 5) is 27.6. The van der Waals surface area contributed by atoms with E-state index in [2.05, 4.69) is 27.9 Å². The van der Waals surface area contributed by atoms with E-state index in [-0.39, 0.29) is 17.9 Å². The molecular formula is C14H20N4O2. The van der Waals surface area contributed by atoms with E-state index in [1.54, 1.807) is 6.20 Å². The maximum absolute atomic E-state index is 12.3. The maximum Gasteiger partial charge on any atom is 0.255 e. The van der Waals surface area contributed by atoms with Crippen molar-refractivity contribution in [1.82, 2.24) is 15.6 Å². The Kier molecular flexibility index (Phi) is 4.55. The molecule has 108 valence electrons. The zero-order valence-electron chi connectivity index (χ0n) is 11.8. The Morgan fingerprint density at radius 1 is 1.55 bits per heavy atom. The van der Waals surface area contributed by atoms with Gasteiger partial charge in [0.25, 0.3) is 5.91 Å². The predicted octanol–water partition coefficient (Wildman–Crippen LogP) is 0.830. The summed E-state index contributed by atoms with van der Waals surface area (Å²) in [6.07, 6.45) is 2.89. The molecule has 3 N–H and O–H groups in total. The second kappa shape index (κ2) is 6.36. The molecule has 1 aliphatic heterocycles. The molecule has 1 aliphatic rings. The minimum Gasteiger partial charge on any atom is -0.384 e. The van der Waals surface area contributed by atoms with E-state index >= 15 is 0 Å². The van der Waals surface area contributed by atoms with Gasteiger partial charge in [-0.2, -0.15) is 0 Å². The lowest BCUT2D eigenvalue weighted by molar-refractivity contribution is -0.119. The third-order valence-electron chi connectivity index (χ3n) is 3.16. The molecule has 0 aliphatic carbocycles. The van der Waals surface area contributed by atoms with Gasteiger partial charge in [0.15, 0.2) is 0 Å². The lowest BCUT2D eigenvalue weighted by Crippen LogP contribution is -2.36. The van der Waals surface area contributed by atoms with Crippen molar-refractivity contribution in [2.24, 2.45) is 0 Å². The van der Waals surface area contributed by atoms with E-state index in [0.29, 0.717) is 18.5 Å². The molecule has 1 saturated heterocycles. The van der Waals surface area contributed by atoms with Gasteiger partial charge in [-0.15, -0.1) is 0 Å². The van der Waals surface area contributed by atoms with Crippen molar-refractivity contribution < 1.29 is 9.59 Å². The summed E-state index contributed by atoms with van der Waals surface area (Å²) in [5.41, 5.74) is 2.16. The van der Waals surface area contributed by atoms with E-state index in [1.165, 1.54) is 0 Å². The highest BCUT2D eigenvalue weighted by Gasteiger charge is 2.24. The Bertz CT molecular complexity index is 516. The number of carbonyl (C=O) groups excluding carboxylic acids is 2. The van der Waals surface area contributed by atoms with Crippen LogP contribution in [0.1, 0.15) is 35.8 Å². The fraction of sp³-hybridized carbons (Fsp3) is 0.500. The van der Waals surface area contributed by atoms with Crippen LogP contribution in [0.15, 0.2) is 12.3 Å². The van der Waals surface area contributed by atoms with Crippen LogP contribution in [0.3, 0.4) is 0 Å². The smallest absolute Gasteiger partial charge is 0.255 e. The monoisotopic (exact) mass is 276 g/mol. The van der Waals surface area contributed by atoms with E-state index in [1.807, 2.05) is 13.0 Å². The quantitative estimate of drug-likeness (QED) is 0.744. The van der Waals surface area contributed by atoms with Crippen LogP contribution in [0, 0.1) is 6.92 Å². The predicted molar refractivity (Wildman–Crippen MR) is 76.6 cm³/mol. The van der Waals surface area contributed by atoms with Crippen molar-refractivity contribution in [1.29, 1.82) is 0 Å². The SMILES string of the molecule is CCCNc1cc(C)ncc1C(=O)NC1CNC(=O)C1. The lowest BCUT2D eigenvalue weighted by Gasteiger charge is -2.14. The van der Waals surface area contributed by atoms with Crippen LogP contribution >= 0.6 is 0 Å². The first-order valence-electron chi connectivity index (χ1n) is 6.88. The number of nitrogens with one attached hydrogen (secondary N) is 3. The van der Waals surface area contributed by atoms with Crippen molar-refractivity contribution in [3.05, 3.63) is 23.5 Å². The number of aromatic nitrogens is 1. The molecule has 1 aromatic heterocycles. The van der Waals surface area contributed by atoms with Gasteiger partial charge in [-0.05, 0) is 19.4 Å². The minimum atomic E-state index is -0.197. The third kappa shape index (κ3) is 3.46. The van der Waals surface area contributed by atoms with Crippen LogP contribution in [0.2, 0.25) is 0 Å². The van der Waals surface area contributed by atoms with Crippen LogP contribution in [-0.4, -0.2) is 35.9 Å². The number of nitrogens with zero attached hydrogens (tertiary/aromatic N) is 1. The molecule has 1 fully saturated rings. The first-order chi connectivity index (χ1) is 9.60. The summed E-state index contributed by atoms with van der Waals surface area (Å²) in [5, 5.41) is 8.79. The topological polar surface area (TPSA) is 83.1 Å². The van der Waals surface area contributed by atoms with Crippen molar-refractivity contribution in [2.45, 2.75) is 32.7 Å². The van der Waals surface area contributed by atoms with Gasteiger partial charge in [0.05, 0.1) is 17.3 Å². The fourth-order valence-corrected chi connectivity index (χ4v) is 2.12. The van der Waals surface area contributed by atoms with E-state index in [0.717, 1.165) is 24.3 Å². The molecule has 0 saturated carbocycles. The number of pyridine rings is 1. The molecule has 0 spiro atoms. The third-order valence-corrected chi connectivity index (χ3v) is 3.16. The van der Waals surface area contributed by atoms with Gasteiger partial charge >= 0.3 is 0 Å². The number of hydrogen-bond acceptors (Lipinski definition) is 4. The molecule has 2 rings (SSSR count). The molecule has 6 heteroatoms. The summed E-state index contributed by atoms with van der Waals surface area (Å²) in [6.45, 7) is 5.24. The highest BCUT2D eigenvalue weighted by Crippen LogP contribution is 2.16. The fourth-order valence-electron chi connectivity index (χ4n) is 2.12. The van der Waals surface area contributed by atoms with Crippen LogP contribution < -0.4 is 16.0 Å². The number of carbonyl (C=O) groups is 2. The standard InChI is InChI=1S/C14H20N4O2/c1-3-4-15-12-5-9(2)16-8-11(12)14(20)18-10-6-13(19)17-7-10/h5,8,10H,3-4,6-7H2,1-2H3,(H,15,16)(H,17,19)(H,18,20). The average Bonchev–Trinajstić information content (AvgIpc) is 2.81. The van der Waals surface area contributed by atoms with Gasteiger partial charge < -0.3 is 16.0 Å². The zero-order valence-corrected chi connectivity index (χ0v) is 11.8. The summed E-state index contributed by atoms with van der Waals surface area (Å²) in [5.74, 6) is -0.223. The summed E-state index contributed by atoms with van der Waals surface area (Å²) < 4.78 is 0. The summed E-state index contributed by atoms with van der Waals surface area (Å²) >= 11 is 0. The Morgan fingerprint density at radius 3 is 3.00 bits per heavy atom. The second-order valence-electron chi connectivity index (χ2n) is 4.98.